The van der Waals surface area contributed by atoms with Crippen molar-refractivity contribution >= 4 is 12.0 Å². The van der Waals surface area contributed by atoms with Gasteiger partial charge in [-0.25, -0.2) is 4.79 Å². The average Bonchev–Trinajstić information content (AvgIpc) is 2.73. The molecule has 2 saturated heterocycles. The molecule has 2 heterocycles. The molecule has 0 saturated carbocycles. The first kappa shape index (κ1) is 16.1. The van der Waals surface area contributed by atoms with E-state index in [-0.39, 0.29) is 24.6 Å². The van der Waals surface area contributed by atoms with Crippen molar-refractivity contribution in [2.24, 2.45) is 0 Å². The van der Waals surface area contributed by atoms with Gasteiger partial charge in [0.05, 0.1) is 12.7 Å². The second-order valence-corrected chi connectivity index (χ2v) is 5.69. The lowest BCUT2D eigenvalue weighted by Gasteiger charge is -2.28. The standard InChI is InChI=1S/C15H26N2O4/c1-2-10-20-13-5-3-7-16(9-6-13)14(18)12-17-8-4-11-21-15(17)19/h13H,2-12H2,1H3/t13-/m0/s1. The van der Waals surface area contributed by atoms with Crippen molar-refractivity contribution < 1.29 is 19.1 Å². The Morgan fingerprint density at radius 1 is 1.29 bits per heavy atom. The Morgan fingerprint density at radius 3 is 2.90 bits per heavy atom. The lowest BCUT2D eigenvalue weighted by atomic mass is 10.2. The molecule has 2 aliphatic rings. The number of likely N-dealkylation sites (tertiary alicyclic amines) is 1. The van der Waals surface area contributed by atoms with Crippen LogP contribution in [0, 0.1) is 0 Å². The van der Waals surface area contributed by atoms with Gasteiger partial charge < -0.3 is 14.4 Å². The van der Waals surface area contributed by atoms with Crippen LogP contribution in [0.1, 0.15) is 39.0 Å². The zero-order valence-corrected chi connectivity index (χ0v) is 12.9. The Bertz CT molecular complexity index is 362. The van der Waals surface area contributed by atoms with Gasteiger partial charge >= 0.3 is 6.09 Å². The monoisotopic (exact) mass is 298 g/mol. The third kappa shape index (κ3) is 4.88. The topological polar surface area (TPSA) is 59.1 Å². The Kier molecular flexibility index (Phi) is 6.29. The third-order valence-corrected chi connectivity index (χ3v) is 3.97. The van der Waals surface area contributed by atoms with Crippen LogP contribution in [0.25, 0.3) is 0 Å². The molecule has 0 spiro atoms. The van der Waals surface area contributed by atoms with Gasteiger partial charge in [0.15, 0.2) is 0 Å². The highest BCUT2D eigenvalue weighted by molar-refractivity contribution is 5.82. The van der Waals surface area contributed by atoms with Gasteiger partial charge in [-0.2, -0.15) is 0 Å². The first-order valence-electron chi connectivity index (χ1n) is 8.01. The molecule has 2 rings (SSSR count). The van der Waals surface area contributed by atoms with Crippen LogP contribution >= 0.6 is 0 Å². The summed E-state index contributed by atoms with van der Waals surface area (Å²) in [5.74, 6) is 0.0185. The predicted molar refractivity (Wildman–Crippen MR) is 78.0 cm³/mol. The van der Waals surface area contributed by atoms with Crippen LogP contribution < -0.4 is 0 Å². The van der Waals surface area contributed by atoms with Crippen LogP contribution in [0.15, 0.2) is 0 Å². The summed E-state index contributed by atoms with van der Waals surface area (Å²) in [4.78, 5) is 27.2. The summed E-state index contributed by atoms with van der Waals surface area (Å²) in [6.07, 6.45) is 4.58. The number of cyclic esters (lactones) is 1. The van der Waals surface area contributed by atoms with Crippen molar-refractivity contribution in [2.45, 2.75) is 45.1 Å². The molecule has 0 unspecified atom stereocenters. The van der Waals surface area contributed by atoms with Gasteiger partial charge in [0.1, 0.15) is 6.54 Å². The predicted octanol–water partition coefficient (Wildman–Crippen LogP) is 1.64. The number of rotatable bonds is 5. The van der Waals surface area contributed by atoms with Crippen LogP contribution in [-0.4, -0.2) is 67.3 Å². The first-order valence-corrected chi connectivity index (χ1v) is 8.01. The number of ether oxygens (including phenoxy) is 2. The fraction of sp³-hybridized carbons (Fsp3) is 0.867. The fourth-order valence-electron chi connectivity index (χ4n) is 2.77. The molecule has 1 atom stereocenters. The summed E-state index contributed by atoms with van der Waals surface area (Å²) < 4.78 is 10.7. The summed E-state index contributed by atoms with van der Waals surface area (Å²) >= 11 is 0. The van der Waals surface area contributed by atoms with E-state index in [1.54, 1.807) is 0 Å². The number of hydrogen-bond donors (Lipinski definition) is 0. The molecule has 2 fully saturated rings. The SMILES string of the molecule is CCCO[C@H]1CCCN(C(=O)CN2CCCOC2=O)CC1. The van der Waals surface area contributed by atoms with Crippen molar-refractivity contribution in [1.82, 2.24) is 9.80 Å². The molecule has 6 nitrogen and oxygen atoms in total. The van der Waals surface area contributed by atoms with E-state index in [0.717, 1.165) is 51.8 Å². The van der Waals surface area contributed by atoms with E-state index in [4.69, 9.17) is 9.47 Å². The number of carbonyl (C=O) groups excluding carboxylic acids is 2. The second kappa shape index (κ2) is 8.22. The van der Waals surface area contributed by atoms with Crippen LogP contribution in [-0.2, 0) is 14.3 Å². The highest BCUT2D eigenvalue weighted by atomic mass is 16.6. The molecular formula is C15H26N2O4. The second-order valence-electron chi connectivity index (χ2n) is 5.69. The lowest BCUT2D eigenvalue weighted by molar-refractivity contribution is -0.132. The maximum atomic E-state index is 12.3. The normalized spacial score (nSPS) is 23.7. The fourth-order valence-corrected chi connectivity index (χ4v) is 2.77. The quantitative estimate of drug-likeness (QED) is 0.774. The number of amides is 2. The Hall–Kier alpha value is -1.30. The van der Waals surface area contributed by atoms with Gasteiger partial charge in [-0.05, 0) is 32.1 Å². The molecule has 21 heavy (non-hydrogen) atoms. The van der Waals surface area contributed by atoms with Crippen molar-refractivity contribution in [3.05, 3.63) is 0 Å². The molecule has 2 amide bonds. The van der Waals surface area contributed by atoms with E-state index >= 15 is 0 Å². The molecule has 2 aliphatic heterocycles. The maximum Gasteiger partial charge on any atom is 0.410 e. The van der Waals surface area contributed by atoms with Gasteiger partial charge in [-0.15, -0.1) is 0 Å². The molecule has 0 aromatic carbocycles. The minimum absolute atomic E-state index is 0.0185. The summed E-state index contributed by atoms with van der Waals surface area (Å²) in [6.45, 7) is 5.58. The Morgan fingerprint density at radius 2 is 2.14 bits per heavy atom. The van der Waals surface area contributed by atoms with Crippen molar-refractivity contribution in [1.29, 1.82) is 0 Å². The molecule has 120 valence electrons. The first-order chi connectivity index (χ1) is 10.2. The van der Waals surface area contributed by atoms with E-state index in [9.17, 15) is 9.59 Å². The summed E-state index contributed by atoms with van der Waals surface area (Å²) in [5, 5.41) is 0. The molecule has 6 heteroatoms. The number of nitrogens with zero attached hydrogens (tertiary/aromatic N) is 2. The minimum Gasteiger partial charge on any atom is -0.449 e. The molecule has 0 aromatic rings. The molecular weight excluding hydrogens is 272 g/mol. The smallest absolute Gasteiger partial charge is 0.410 e. The average molecular weight is 298 g/mol. The summed E-state index contributed by atoms with van der Waals surface area (Å²) in [5.41, 5.74) is 0. The van der Waals surface area contributed by atoms with E-state index in [1.807, 2.05) is 4.90 Å². The summed E-state index contributed by atoms with van der Waals surface area (Å²) in [7, 11) is 0. The minimum atomic E-state index is -0.367. The zero-order chi connectivity index (χ0) is 15.1. The van der Waals surface area contributed by atoms with E-state index in [2.05, 4.69) is 6.92 Å². The van der Waals surface area contributed by atoms with E-state index in [0.29, 0.717) is 13.2 Å². The van der Waals surface area contributed by atoms with E-state index in [1.165, 1.54) is 4.90 Å². The zero-order valence-electron chi connectivity index (χ0n) is 12.9. The van der Waals surface area contributed by atoms with Gasteiger partial charge in [-0.3, -0.25) is 9.69 Å². The number of carbonyl (C=O) groups is 2. The summed E-state index contributed by atoms with van der Waals surface area (Å²) in [6, 6.07) is 0. The molecule has 0 aromatic heterocycles. The molecule has 0 aliphatic carbocycles. The van der Waals surface area contributed by atoms with Gasteiger partial charge in [0, 0.05) is 26.2 Å². The van der Waals surface area contributed by atoms with Crippen LogP contribution in [0.3, 0.4) is 0 Å². The van der Waals surface area contributed by atoms with Crippen LogP contribution in [0.2, 0.25) is 0 Å². The molecule has 0 bridgehead atoms. The lowest BCUT2D eigenvalue weighted by Crippen LogP contribution is -2.46. The van der Waals surface area contributed by atoms with Gasteiger partial charge in [0.25, 0.3) is 0 Å². The van der Waals surface area contributed by atoms with Crippen molar-refractivity contribution in [3.8, 4) is 0 Å². The maximum absolute atomic E-state index is 12.3. The Labute approximate surface area is 126 Å². The van der Waals surface area contributed by atoms with Gasteiger partial charge in [0.2, 0.25) is 5.91 Å². The van der Waals surface area contributed by atoms with Gasteiger partial charge in [-0.1, -0.05) is 6.92 Å². The highest BCUT2D eigenvalue weighted by Crippen LogP contribution is 2.15. The van der Waals surface area contributed by atoms with Crippen molar-refractivity contribution in [3.63, 3.8) is 0 Å². The van der Waals surface area contributed by atoms with Crippen LogP contribution in [0.5, 0.6) is 0 Å². The third-order valence-electron chi connectivity index (χ3n) is 3.97. The molecule has 0 N–H and O–H groups in total. The van der Waals surface area contributed by atoms with Crippen molar-refractivity contribution in [2.75, 3.05) is 39.4 Å². The van der Waals surface area contributed by atoms with Crippen LogP contribution in [0.4, 0.5) is 4.79 Å². The molecule has 0 radical (unpaired) electrons. The number of hydrogen-bond acceptors (Lipinski definition) is 4. The highest BCUT2D eigenvalue weighted by Gasteiger charge is 2.26. The largest absolute Gasteiger partial charge is 0.449 e. The Balaban J connectivity index is 1.78. The van der Waals surface area contributed by atoms with E-state index < -0.39 is 0 Å².